The molecule has 4 aliphatic rings. The third-order valence-electron chi connectivity index (χ3n) is 7.34. The molecule has 6 heteroatoms. The van der Waals surface area contributed by atoms with Crippen LogP contribution in [0.5, 0.6) is 0 Å². The van der Waals surface area contributed by atoms with Gasteiger partial charge in [-0.2, -0.15) is 10.5 Å². The molecule has 4 atom stereocenters. The first-order valence-corrected chi connectivity index (χ1v) is 9.16. The lowest BCUT2D eigenvalue weighted by molar-refractivity contribution is -0.202. The zero-order valence-electron chi connectivity index (χ0n) is 15.4. The molecule has 0 aromatic rings. The van der Waals surface area contributed by atoms with E-state index in [4.69, 9.17) is 15.2 Å². The molecule has 6 nitrogen and oxygen atoms in total. The lowest BCUT2D eigenvalue weighted by atomic mass is 9.65. The molecule has 0 bridgehead atoms. The van der Waals surface area contributed by atoms with Gasteiger partial charge in [-0.15, -0.1) is 0 Å². The molecule has 0 unspecified atom stereocenters. The van der Waals surface area contributed by atoms with Gasteiger partial charge in [0.1, 0.15) is 11.3 Å². The largest absolute Gasteiger partial charge is 0.386 e. The summed E-state index contributed by atoms with van der Waals surface area (Å²) in [6, 6.07) is 4.83. The van der Waals surface area contributed by atoms with Crippen LogP contribution in [0.15, 0.2) is 4.99 Å². The molecule has 4 rings (SSSR count). The van der Waals surface area contributed by atoms with Gasteiger partial charge in [-0.05, 0) is 43.9 Å². The molecule has 3 fully saturated rings. The summed E-state index contributed by atoms with van der Waals surface area (Å²) in [5, 5.41) is 20.4. The van der Waals surface area contributed by atoms with Crippen LogP contribution in [-0.2, 0) is 9.47 Å². The fourth-order valence-corrected chi connectivity index (χ4v) is 6.06. The van der Waals surface area contributed by atoms with Gasteiger partial charge in [-0.1, -0.05) is 20.8 Å². The minimum absolute atomic E-state index is 0.167. The van der Waals surface area contributed by atoms with Gasteiger partial charge in [0.25, 0.3) is 5.91 Å². The van der Waals surface area contributed by atoms with Gasteiger partial charge < -0.3 is 15.2 Å². The fourth-order valence-electron chi connectivity index (χ4n) is 6.06. The molecular weight excluding hydrogens is 316 g/mol. The molecule has 2 aliphatic carbocycles. The molecular formula is C19H26N4O2. The highest BCUT2D eigenvalue weighted by molar-refractivity contribution is 6.00. The van der Waals surface area contributed by atoms with Crippen molar-refractivity contribution in [3.05, 3.63) is 0 Å². The predicted molar refractivity (Wildman–Crippen MR) is 90.8 cm³/mol. The van der Waals surface area contributed by atoms with E-state index >= 15 is 0 Å². The van der Waals surface area contributed by atoms with Crippen molar-refractivity contribution in [1.29, 1.82) is 10.5 Å². The summed E-state index contributed by atoms with van der Waals surface area (Å²) in [6.07, 6.45) is 3.37. The smallest absolute Gasteiger partial charge is 0.293 e. The Morgan fingerprint density at radius 2 is 1.84 bits per heavy atom. The molecule has 0 radical (unpaired) electrons. The first kappa shape index (κ1) is 16.8. The summed E-state index contributed by atoms with van der Waals surface area (Å²) < 4.78 is 11.9. The number of hydrogen-bond acceptors (Lipinski definition) is 6. The summed E-state index contributed by atoms with van der Waals surface area (Å²) in [4.78, 5) is 4.41. The zero-order chi connectivity index (χ0) is 18.3. The lowest BCUT2D eigenvalue weighted by Crippen LogP contribution is -2.43. The molecule has 2 spiro atoms. The molecule has 134 valence electrons. The van der Waals surface area contributed by atoms with E-state index in [1.54, 1.807) is 0 Å². The summed E-state index contributed by atoms with van der Waals surface area (Å²) in [7, 11) is 0. The monoisotopic (exact) mass is 342 g/mol. The second-order valence-electron chi connectivity index (χ2n) is 9.26. The van der Waals surface area contributed by atoms with Gasteiger partial charge in [-0.3, -0.25) is 0 Å². The zero-order valence-corrected chi connectivity index (χ0v) is 15.4. The highest BCUT2D eigenvalue weighted by Crippen LogP contribution is 2.89. The molecule has 2 aliphatic heterocycles. The number of aliphatic imine (C=N–C) groups is 1. The fraction of sp³-hybridized carbons (Fsp3) is 0.842. The van der Waals surface area contributed by atoms with Gasteiger partial charge >= 0.3 is 0 Å². The van der Waals surface area contributed by atoms with E-state index in [2.05, 4.69) is 37.9 Å². The molecule has 0 aromatic heterocycles. The van der Waals surface area contributed by atoms with Crippen molar-refractivity contribution in [2.75, 3.05) is 6.61 Å². The van der Waals surface area contributed by atoms with Gasteiger partial charge in [0.2, 0.25) is 0 Å². The molecule has 0 amide bonds. The summed E-state index contributed by atoms with van der Waals surface area (Å²) in [6.45, 7) is 9.02. The number of fused-ring (bicyclic) bond motifs is 4. The Hall–Kier alpha value is -1.63. The molecule has 1 saturated heterocycles. The Morgan fingerprint density at radius 3 is 2.28 bits per heavy atom. The van der Waals surface area contributed by atoms with Crippen LogP contribution in [0.1, 0.15) is 53.4 Å². The standard InChI is InChI=1S/C19H26N4O2/c1-12-9-24-19(25-12)18(11-21)16(17(18,10-20)14(22)23-19)7-5-13(6-8-16)15(2,3)4/h12-13H,5-9H2,1-4H3,(H2,22,23)/t12-,13?,16?,17-,18+,19+/m0/s1. The number of amidine groups is 1. The highest BCUT2D eigenvalue weighted by Gasteiger charge is 3.00. The minimum Gasteiger partial charge on any atom is -0.386 e. The van der Waals surface area contributed by atoms with Crippen LogP contribution in [0.4, 0.5) is 0 Å². The Morgan fingerprint density at radius 1 is 1.20 bits per heavy atom. The Bertz CT molecular complexity index is 734. The van der Waals surface area contributed by atoms with Crippen molar-refractivity contribution in [3.63, 3.8) is 0 Å². The van der Waals surface area contributed by atoms with Gasteiger partial charge in [0, 0.05) is 5.41 Å². The first-order chi connectivity index (χ1) is 11.7. The second-order valence-corrected chi connectivity index (χ2v) is 9.26. The summed E-state index contributed by atoms with van der Waals surface area (Å²) >= 11 is 0. The first-order valence-electron chi connectivity index (χ1n) is 9.16. The molecule has 25 heavy (non-hydrogen) atoms. The highest BCUT2D eigenvalue weighted by atomic mass is 16.8. The number of nitrogens with two attached hydrogens (primary N) is 1. The number of hydrogen-bond donors (Lipinski definition) is 1. The number of nitriles is 2. The maximum absolute atomic E-state index is 10.2. The Kier molecular flexibility index (Phi) is 3.06. The normalized spacial score (nSPS) is 51.0. The van der Waals surface area contributed by atoms with Crippen LogP contribution >= 0.6 is 0 Å². The van der Waals surface area contributed by atoms with Crippen LogP contribution in [0.25, 0.3) is 0 Å². The molecule has 2 saturated carbocycles. The van der Waals surface area contributed by atoms with Crippen molar-refractivity contribution in [2.24, 2.45) is 38.3 Å². The predicted octanol–water partition coefficient (Wildman–Crippen LogP) is 2.70. The number of ether oxygens (including phenoxy) is 2. The van der Waals surface area contributed by atoms with E-state index in [0.717, 1.165) is 25.7 Å². The van der Waals surface area contributed by atoms with Crippen LogP contribution in [0.2, 0.25) is 0 Å². The van der Waals surface area contributed by atoms with Crippen molar-refractivity contribution in [2.45, 2.75) is 65.4 Å². The summed E-state index contributed by atoms with van der Waals surface area (Å²) in [5.41, 5.74) is 3.77. The van der Waals surface area contributed by atoms with Crippen molar-refractivity contribution >= 4 is 5.84 Å². The van der Waals surface area contributed by atoms with Gasteiger partial charge in [0.05, 0.1) is 24.8 Å². The third kappa shape index (κ3) is 1.51. The minimum atomic E-state index is -1.41. The van der Waals surface area contributed by atoms with Crippen LogP contribution in [0.3, 0.4) is 0 Å². The number of nitrogens with zero attached hydrogens (tertiary/aromatic N) is 3. The van der Waals surface area contributed by atoms with Crippen molar-refractivity contribution < 1.29 is 9.47 Å². The van der Waals surface area contributed by atoms with Crippen molar-refractivity contribution in [3.8, 4) is 12.1 Å². The average molecular weight is 342 g/mol. The average Bonchev–Trinajstić information content (AvgIpc) is 2.74. The summed E-state index contributed by atoms with van der Waals surface area (Å²) in [5.74, 6) is -0.612. The Labute approximate surface area is 149 Å². The van der Waals surface area contributed by atoms with Crippen LogP contribution in [-0.4, -0.2) is 24.5 Å². The van der Waals surface area contributed by atoms with Crippen molar-refractivity contribution in [1.82, 2.24) is 0 Å². The second kappa shape index (κ2) is 4.55. The molecule has 0 aromatic carbocycles. The molecule has 2 heterocycles. The van der Waals surface area contributed by atoms with E-state index in [1.165, 1.54) is 0 Å². The van der Waals surface area contributed by atoms with Crippen LogP contribution in [0, 0.1) is 50.2 Å². The molecule has 2 N–H and O–H groups in total. The van der Waals surface area contributed by atoms with Gasteiger partial charge in [-0.25, -0.2) is 4.99 Å². The van der Waals surface area contributed by atoms with Gasteiger partial charge in [0.15, 0.2) is 5.41 Å². The van der Waals surface area contributed by atoms with E-state index in [0.29, 0.717) is 12.5 Å². The SMILES string of the molecule is C[C@H]1CO[C@@]2(N=C(N)[C@@]3(C#N)C4(CCC(C(C)(C)C)CC4)[C@@]23C#N)O1. The topological polar surface area (TPSA) is 104 Å². The lowest BCUT2D eigenvalue weighted by Gasteiger charge is -2.40. The third-order valence-corrected chi connectivity index (χ3v) is 7.34. The van der Waals surface area contributed by atoms with E-state index in [-0.39, 0.29) is 17.4 Å². The van der Waals surface area contributed by atoms with E-state index in [9.17, 15) is 10.5 Å². The quantitative estimate of drug-likeness (QED) is 0.729. The van der Waals surface area contributed by atoms with E-state index in [1.807, 2.05) is 6.92 Å². The number of rotatable bonds is 0. The van der Waals surface area contributed by atoms with Crippen LogP contribution < -0.4 is 5.73 Å². The van der Waals surface area contributed by atoms with E-state index < -0.39 is 22.2 Å². The maximum Gasteiger partial charge on any atom is 0.293 e. The maximum atomic E-state index is 10.2. The Balaban J connectivity index is 1.78.